The molecule has 1 rings (SSSR count). The van der Waals surface area contributed by atoms with Gasteiger partial charge < -0.3 is 4.98 Å². The summed E-state index contributed by atoms with van der Waals surface area (Å²) in [6.45, 7) is 8.63. The number of nitrogens with one attached hydrogen (secondary N) is 2. The minimum absolute atomic E-state index is 0.0763. The molecule has 0 aromatic carbocycles. The zero-order valence-corrected chi connectivity index (χ0v) is 10.9. The summed E-state index contributed by atoms with van der Waals surface area (Å²) in [6.07, 6.45) is 2.65. The minimum Gasteiger partial charge on any atom is -0.335 e. The molecule has 16 heavy (non-hydrogen) atoms. The molecule has 6 heteroatoms. The molecule has 0 saturated heterocycles. The van der Waals surface area contributed by atoms with Crippen molar-refractivity contribution in [3.05, 3.63) is 12.5 Å². The molecule has 0 unspecified atom stereocenters. The van der Waals surface area contributed by atoms with E-state index in [1.165, 1.54) is 12.5 Å². The second-order valence-electron chi connectivity index (χ2n) is 4.88. The van der Waals surface area contributed by atoms with E-state index in [0.717, 1.165) is 0 Å². The lowest BCUT2D eigenvalue weighted by molar-refractivity contribution is 0.252. The maximum Gasteiger partial charge on any atom is 0.257 e. The van der Waals surface area contributed by atoms with Crippen LogP contribution in [0.4, 0.5) is 0 Å². The van der Waals surface area contributed by atoms with Gasteiger partial charge >= 0.3 is 0 Å². The Balaban J connectivity index is 2.70. The van der Waals surface area contributed by atoms with Crippen molar-refractivity contribution in [3.8, 4) is 0 Å². The highest BCUT2D eigenvalue weighted by molar-refractivity contribution is 7.89. The van der Waals surface area contributed by atoms with E-state index in [0.29, 0.717) is 12.5 Å². The Kier molecular flexibility index (Phi) is 3.75. The van der Waals surface area contributed by atoms with E-state index in [1.54, 1.807) is 0 Å². The third-order valence-electron chi connectivity index (χ3n) is 3.04. The normalized spacial score (nSPS) is 13.3. The van der Waals surface area contributed by atoms with E-state index in [9.17, 15) is 8.42 Å². The molecule has 92 valence electrons. The van der Waals surface area contributed by atoms with Gasteiger partial charge in [0.25, 0.3) is 10.0 Å². The van der Waals surface area contributed by atoms with Gasteiger partial charge in [0.2, 0.25) is 0 Å². The molecule has 0 aliphatic heterocycles. The van der Waals surface area contributed by atoms with Gasteiger partial charge in [0, 0.05) is 6.54 Å². The molecule has 1 aromatic rings. The van der Waals surface area contributed by atoms with Crippen LogP contribution in [0, 0.1) is 11.3 Å². The smallest absolute Gasteiger partial charge is 0.257 e. The molecule has 0 spiro atoms. The molecule has 0 aliphatic carbocycles. The van der Waals surface area contributed by atoms with Crippen molar-refractivity contribution in [1.29, 1.82) is 0 Å². The van der Waals surface area contributed by atoms with Gasteiger partial charge in [-0.05, 0) is 11.3 Å². The molecule has 1 heterocycles. The molecule has 5 nitrogen and oxygen atoms in total. The molecule has 2 N–H and O–H groups in total. The van der Waals surface area contributed by atoms with Gasteiger partial charge in [0.15, 0.2) is 5.03 Å². The molecule has 0 atom stereocenters. The Morgan fingerprint density at radius 3 is 2.56 bits per heavy atom. The van der Waals surface area contributed by atoms with Crippen LogP contribution in [0.3, 0.4) is 0 Å². The number of imidazole rings is 1. The van der Waals surface area contributed by atoms with Gasteiger partial charge in [-0.3, -0.25) is 0 Å². The zero-order chi connectivity index (χ0) is 12.4. The third kappa shape index (κ3) is 3.05. The number of sulfonamides is 1. The number of aromatic nitrogens is 2. The molecule has 0 fully saturated rings. The summed E-state index contributed by atoms with van der Waals surface area (Å²) < 4.78 is 26.1. The van der Waals surface area contributed by atoms with Crippen LogP contribution in [0.15, 0.2) is 17.6 Å². The summed E-state index contributed by atoms with van der Waals surface area (Å²) in [7, 11) is -3.45. The Morgan fingerprint density at radius 2 is 2.12 bits per heavy atom. The number of aromatic amines is 1. The van der Waals surface area contributed by atoms with E-state index < -0.39 is 10.0 Å². The van der Waals surface area contributed by atoms with Crippen molar-refractivity contribution < 1.29 is 8.42 Å². The Morgan fingerprint density at radius 1 is 1.50 bits per heavy atom. The van der Waals surface area contributed by atoms with E-state index in [1.807, 2.05) is 13.8 Å². The predicted molar refractivity (Wildman–Crippen MR) is 62.4 cm³/mol. The Bertz CT molecular complexity index is 421. The summed E-state index contributed by atoms with van der Waals surface area (Å²) >= 11 is 0. The average molecular weight is 245 g/mol. The molecule has 0 radical (unpaired) electrons. The molecule has 0 bridgehead atoms. The third-order valence-corrected chi connectivity index (χ3v) is 4.37. The van der Waals surface area contributed by atoms with Gasteiger partial charge in [-0.15, -0.1) is 0 Å². The number of hydrogen-bond donors (Lipinski definition) is 2. The highest BCUT2D eigenvalue weighted by atomic mass is 32.2. The summed E-state index contributed by atoms with van der Waals surface area (Å²) in [4.78, 5) is 6.27. The molecule has 0 saturated carbocycles. The lowest BCUT2D eigenvalue weighted by Crippen LogP contribution is -2.37. The zero-order valence-electron chi connectivity index (χ0n) is 10.1. The van der Waals surface area contributed by atoms with Crippen molar-refractivity contribution in [3.63, 3.8) is 0 Å². The summed E-state index contributed by atoms with van der Waals surface area (Å²) in [6, 6.07) is 0. The van der Waals surface area contributed by atoms with Gasteiger partial charge in [-0.2, -0.15) is 0 Å². The first kappa shape index (κ1) is 13.2. The Labute approximate surface area is 96.7 Å². The number of hydrogen-bond acceptors (Lipinski definition) is 3. The van der Waals surface area contributed by atoms with Gasteiger partial charge in [-0.1, -0.05) is 27.7 Å². The highest BCUT2D eigenvalue weighted by Gasteiger charge is 2.25. The van der Waals surface area contributed by atoms with Crippen molar-refractivity contribution in [2.45, 2.75) is 32.7 Å². The van der Waals surface area contributed by atoms with Crippen LogP contribution < -0.4 is 4.72 Å². The molecular weight excluding hydrogens is 226 g/mol. The monoisotopic (exact) mass is 245 g/mol. The maximum atomic E-state index is 11.8. The summed E-state index contributed by atoms with van der Waals surface area (Å²) in [5, 5.41) is 0.104. The van der Waals surface area contributed by atoms with Gasteiger partial charge in [0.05, 0.1) is 12.5 Å². The van der Waals surface area contributed by atoms with Gasteiger partial charge in [-0.25, -0.2) is 18.1 Å². The standard InChI is InChI=1S/C10H19N3O2S/c1-8(2)10(3,4)6-13-16(14,15)9-5-11-7-12-9/h5,7-8,13H,6H2,1-4H3,(H,11,12). The van der Waals surface area contributed by atoms with Crippen molar-refractivity contribution in [1.82, 2.24) is 14.7 Å². The second kappa shape index (κ2) is 4.55. The molecule has 1 aromatic heterocycles. The first-order valence-corrected chi connectivity index (χ1v) is 6.72. The maximum absolute atomic E-state index is 11.8. The minimum atomic E-state index is -3.45. The number of rotatable bonds is 5. The summed E-state index contributed by atoms with van der Waals surface area (Å²) in [5.41, 5.74) is -0.0763. The van der Waals surface area contributed by atoms with Crippen LogP contribution >= 0.6 is 0 Å². The van der Waals surface area contributed by atoms with Crippen molar-refractivity contribution in [2.75, 3.05) is 6.54 Å². The average Bonchev–Trinajstić information content (AvgIpc) is 2.68. The SMILES string of the molecule is CC(C)C(C)(C)CNS(=O)(=O)c1cnc[nH]1. The highest BCUT2D eigenvalue weighted by Crippen LogP contribution is 2.25. The number of H-pyrrole nitrogens is 1. The first-order valence-electron chi connectivity index (χ1n) is 5.24. The fourth-order valence-electron chi connectivity index (χ4n) is 0.953. The van der Waals surface area contributed by atoms with E-state index in [4.69, 9.17) is 0 Å². The van der Waals surface area contributed by atoms with E-state index in [2.05, 4.69) is 28.5 Å². The fourth-order valence-corrected chi connectivity index (χ4v) is 2.08. The molecule has 0 aliphatic rings. The van der Waals surface area contributed by atoms with Crippen molar-refractivity contribution in [2.24, 2.45) is 11.3 Å². The second-order valence-corrected chi connectivity index (χ2v) is 6.62. The molecular formula is C10H19N3O2S. The van der Waals surface area contributed by atoms with Crippen molar-refractivity contribution >= 4 is 10.0 Å². The quantitative estimate of drug-likeness (QED) is 0.822. The van der Waals surface area contributed by atoms with Crippen LogP contribution in [0.1, 0.15) is 27.7 Å². The van der Waals surface area contributed by atoms with Crippen LogP contribution in [-0.2, 0) is 10.0 Å². The Hall–Kier alpha value is -0.880. The fraction of sp³-hybridized carbons (Fsp3) is 0.700. The number of nitrogens with zero attached hydrogens (tertiary/aromatic N) is 1. The lowest BCUT2D eigenvalue weighted by Gasteiger charge is -2.29. The largest absolute Gasteiger partial charge is 0.335 e. The predicted octanol–water partition coefficient (Wildman–Crippen LogP) is 1.37. The van der Waals surface area contributed by atoms with Crippen LogP contribution in [-0.4, -0.2) is 24.9 Å². The van der Waals surface area contributed by atoms with Crippen LogP contribution in [0.5, 0.6) is 0 Å². The lowest BCUT2D eigenvalue weighted by atomic mass is 9.81. The van der Waals surface area contributed by atoms with Gasteiger partial charge in [0.1, 0.15) is 0 Å². The van der Waals surface area contributed by atoms with Crippen LogP contribution in [0.25, 0.3) is 0 Å². The van der Waals surface area contributed by atoms with E-state index >= 15 is 0 Å². The van der Waals surface area contributed by atoms with E-state index in [-0.39, 0.29) is 10.4 Å². The molecule has 0 amide bonds. The summed E-state index contributed by atoms with van der Waals surface area (Å²) in [5.74, 6) is 0.400. The first-order chi connectivity index (χ1) is 7.26. The topological polar surface area (TPSA) is 74.8 Å². The van der Waals surface area contributed by atoms with Crippen LogP contribution in [0.2, 0.25) is 0 Å².